The van der Waals surface area contributed by atoms with Gasteiger partial charge in [-0.2, -0.15) is 11.8 Å². The summed E-state index contributed by atoms with van der Waals surface area (Å²) in [5, 5.41) is 6.25. The number of esters is 1. The second-order valence-corrected chi connectivity index (χ2v) is 17.5. The second kappa shape index (κ2) is 39.8. The van der Waals surface area contributed by atoms with E-state index in [9.17, 15) is 14.4 Å². The lowest BCUT2D eigenvalue weighted by Gasteiger charge is -2.23. The van der Waals surface area contributed by atoms with Crippen molar-refractivity contribution < 1.29 is 19.1 Å². The number of hydrogen-bond donors (Lipinski definition) is 2. The van der Waals surface area contributed by atoms with E-state index in [1.807, 2.05) is 10.8 Å². The molecule has 0 spiro atoms. The molecule has 1 aromatic heterocycles. The fraction of sp³-hybridized carbons (Fsp3) is 0.872. The molecule has 56 heavy (non-hydrogen) atoms. The minimum Gasteiger partial charge on any atom is -0.466 e. The van der Waals surface area contributed by atoms with Crippen molar-refractivity contribution in [2.75, 3.05) is 24.7 Å². The molecule has 0 aliphatic heterocycles. The third-order valence-electron chi connectivity index (χ3n) is 11.0. The summed E-state index contributed by atoms with van der Waals surface area (Å²) in [6.07, 6.45) is 42.0. The average Bonchev–Trinajstić information content (AvgIpc) is 3.72. The third kappa shape index (κ3) is 32.0. The SMILES string of the molecule is CCCCCCCCCCCCCCCCCCOC(=O)CCSCCC(NC(=O)C(CCCCCC)CCCCCCCC)C(=O)NCCCn1ccnc1. The summed E-state index contributed by atoms with van der Waals surface area (Å²) in [6.45, 7) is 8.56. The maximum absolute atomic E-state index is 13.7. The van der Waals surface area contributed by atoms with Crippen LogP contribution in [0, 0.1) is 5.92 Å². The molecular formula is C47H88N4O4S. The number of hydrogen-bond acceptors (Lipinski definition) is 6. The van der Waals surface area contributed by atoms with Crippen LogP contribution in [0.4, 0.5) is 0 Å². The van der Waals surface area contributed by atoms with Gasteiger partial charge in [-0.3, -0.25) is 14.4 Å². The first kappa shape index (κ1) is 52.0. The highest BCUT2D eigenvalue weighted by molar-refractivity contribution is 7.99. The smallest absolute Gasteiger partial charge is 0.306 e. The summed E-state index contributed by atoms with van der Waals surface area (Å²) in [4.78, 5) is 43.6. The van der Waals surface area contributed by atoms with E-state index in [2.05, 4.69) is 36.4 Å². The molecule has 1 heterocycles. The first-order valence-corrected chi connectivity index (χ1v) is 24.9. The molecule has 9 heteroatoms. The van der Waals surface area contributed by atoms with E-state index in [4.69, 9.17) is 4.74 Å². The Balaban J connectivity index is 2.35. The van der Waals surface area contributed by atoms with Crippen molar-refractivity contribution in [1.82, 2.24) is 20.2 Å². The normalized spacial score (nSPS) is 12.4. The maximum atomic E-state index is 13.7. The summed E-state index contributed by atoms with van der Waals surface area (Å²) in [5.74, 6) is 1.07. The van der Waals surface area contributed by atoms with Gasteiger partial charge in [-0.25, -0.2) is 4.98 Å². The molecule has 326 valence electrons. The number of aryl methyl sites for hydroxylation is 1. The van der Waals surface area contributed by atoms with Crippen LogP contribution in [0.1, 0.15) is 220 Å². The van der Waals surface area contributed by atoms with Crippen molar-refractivity contribution in [2.45, 2.75) is 232 Å². The van der Waals surface area contributed by atoms with Crippen molar-refractivity contribution in [3.63, 3.8) is 0 Å². The summed E-state index contributed by atoms with van der Waals surface area (Å²) in [6, 6.07) is -0.576. The van der Waals surface area contributed by atoms with E-state index in [0.717, 1.165) is 64.3 Å². The number of rotatable bonds is 42. The van der Waals surface area contributed by atoms with Crippen molar-refractivity contribution in [3.05, 3.63) is 18.7 Å². The van der Waals surface area contributed by atoms with Crippen molar-refractivity contribution in [3.8, 4) is 0 Å². The molecule has 0 aliphatic rings. The highest BCUT2D eigenvalue weighted by Crippen LogP contribution is 2.20. The van der Waals surface area contributed by atoms with E-state index in [1.54, 1.807) is 24.3 Å². The first-order chi connectivity index (χ1) is 27.5. The van der Waals surface area contributed by atoms with Gasteiger partial charge in [0.1, 0.15) is 6.04 Å². The van der Waals surface area contributed by atoms with Gasteiger partial charge in [0.05, 0.1) is 19.4 Å². The Morgan fingerprint density at radius 1 is 0.607 bits per heavy atom. The fourth-order valence-electron chi connectivity index (χ4n) is 7.34. The van der Waals surface area contributed by atoms with Gasteiger partial charge in [-0.05, 0) is 37.9 Å². The van der Waals surface area contributed by atoms with Crippen LogP contribution >= 0.6 is 11.8 Å². The van der Waals surface area contributed by atoms with Gasteiger partial charge in [0.15, 0.2) is 0 Å². The molecule has 0 aromatic carbocycles. The maximum Gasteiger partial charge on any atom is 0.306 e. The number of thioether (sulfide) groups is 1. The van der Waals surface area contributed by atoms with Crippen LogP contribution in [0.3, 0.4) is 0 Å². The summed E-state index contributed by atoms with van der Waals surface area (Å²) >= 11 is 1.65. The molecule has 8 nitrogen and oxygen atoms in total. The topological polar surface area (TPSA) is 102 Å². The third-order valence-corrected chi connectivity index (χ3v) is 12.0. The first-order valence-electron chi connectivity index (χ1n) is 23.8. The Morgan fingerprint density at radius 2 is 1.11 bits per heavy atom. The Bertz CT molecular complexity index is 1020. The number of nitrogens with one attached hydrogen (secondary N) is 2. The van der Waals surface area contributed by atoms with Gasteiger partial charge in [-0.1, -0.05) is 181 Å². The van der Waals surface area contributed by atoms with E-state index in [-0.39, 0.29) is 23.7 Å². The summed E-state index contributed by atoms with van der Waals surface area (Å²) in [5.41, 5.74) is 0. The van der Waals surface area contributed by atoms with Crippen LogP contribution in [0.2, 0.25) is 0 Å². The van der Waals surface area contributed by atoms with E-state index >= 15 is 0 Å². The monoisotopic (exact) mass is 805 g/mol. The number of ether oxygens (including phenoxy) is 1. The molecule has 2 atom stereocenters. The summed E-state index contributed by atoms with van der Waals surface area (Å²) < 4.78 is 7.52. The Morgan fingerprint density at radius 3 is 1.62 bits per heavy atom. The highest BCUT2D eigenvalue weighted by Gasteiger charge is 2.25. The molecule has 1 rings (SSSR count). The number of carbonyl (C=O) groups excluding carboxylic acids is 3. The van der Waals surface area contributed by atoms with Gasteiger partial charge in [0.25, 0.3) is 0 Å². The minimum atomic E-state index is -0.576. The molecule has 0 bridgehead atoms. The number of aromatic nitrogens is 2. The number of nitrogens with zero attached hydrogens (tertiary/aromatic N) is 2. The zero-order valence-corrected chi connectivity index (χ0v) is 37.6. The van der Waals surface area contributed by atoms with Crippen molar-refractivity contribution in [2.24, 2.45) is 5.92 Å². The molecule has 0 radical (unpaired) electrons. The van der Waals surface area contributed by atoms with Crippen molar-refractivity contribution >= 4 is 29.5 Å². The molecule has 2 N–H and O–H groups in total. The number of unbranched alkanes of at least 4 members (excludes halogenated alkanes) is 23. The average molecular weight is 805 g/mol. The Labute approximate surface area is 349 Å². The summed E-state index contributed by atoms with van der Waals surface area (Å²) in [7, 11) is 0. The van der Waals surface area contributed by atoms with Gasteiger partial charge in [-0.15, -0.1) is 0 Å². The molecule has 0 saturated heterocycles. The molecule has 1 aromatic rings. The van der Waals surface area contributed by atoms with Gasteiger partial charge in [0, 0.05) is 37.2 Å². The molecule has 2 amide bonds. The van der Waals surface area contributed by atoms with E-state index in [0.29, 0.717) is 37.5 Å². The van der Waals surface area contributed by atoms with Crippen LogP contribution in [-0.2, 0) is 25.7 Å². The standard InChI is InChI=1S/C47H88N4O4S/c1-4-7-10-13-15-16-17-18-19-20-21-22-23-24-26-29-39-55-45(52)34-41-56-40-33-44(47(54)49-35-30-37-51-38-36-48-42-51)50-46(53)43(31-27-12-9-6-3)32-28-25-14-11-8-5-2/h36,38,42-44H,4-35,37,39-41H2,1-3H3,(H,49,54)(H,50,53). The minimum absolute atomic E-state index is 0.0243. The number of amides is 2. The lowest BCUT2D eigenvalue weighted by Crippen LogP contribution is -2.49. The quantitative estimate of drug-likeness (QED) is 0.0504. The lowest BCUT2D eigenvalue weighted by atomic mass is 9.93. The second-order valence-electron chi connectivity index (χ2n) is 16.3. The largest absolute Gasteiger partial charge is 0.466 e. The zero-order valence-electron chi connectivity index (χ0n) is 36.8. The van der Waals surface area contributed by atoms with Crippen molar-refractivity contribution in [1.29, 1.82) is 0 Å². The molecule has 0 saturated carbocycles. The number of carbonyl (C=O) groups is 3. The van der Waals surface area contributed by atoms with Crippen LogP contribution in [0.25, 0.3) is 0 Å². The molecular weight excluding hydrogens is 717 g/mol. The van der Waals surface area contributed by atoms with E-state index in [1.165, 1.54) is 128 Å². The van der Waals surface area contributed by atoms with Gasteiger partial charge < -0.3 is 19.9 Å². The zero-order chi connectivity index (χ0) is 40.6. The van der Waals surface area contributed by atoms with Crippen LogP contribution in [0.15, 0.2) is 18.7 Å². The molecule has 0 aliphatic carbocycles. The Hall–Kier alpha value is -2.03. The highest BCUT2D eigenvalue weighted by atomic mass is 32.2. The predicted molar refractivity (Wildman–Crippen MR) is 239 cm³/mol. The molecule has 0 fully saturated rings. The number of imidazole rings is 1. The predicted octanol–water partition coefficient (Wildman–Crippen LogP) is 12.5. The van der Waals surface area contributed by atoms with Crippen LogP contribution in [-0.4, -0.2) is 58.0 Å². The van der Waals surface area contributed by atoms with Gasteiger partial charge >= 0.3 is 5.97 Å². The van der Waals surface area contributed by atoms with Crippen LogP contribution < -0.4 is 10.6 Å². The lowest BCUT2D eigenvalue weighted by molar-refractivity contribution is -0.143. The van der Waals surface area contributed by atoms with E-state index < -0.39 is 6.04 Å². The van der Waals surface area contributed by atoms with Gasteiger partial charge in [0.2, 0.25) is 11.8 Å². The molecule has 2 unspecified atom stereocenters. The fourth-order valence-corrected chi connectivity index (χ4v) is 8.25. The Kier molecular flexibility index (Phi) is 36.9. The van der Waals surface area contributed by atoms with Crippen LogP contribution in [0.5, 0.6) is 0 Å².